The largest absolute Gasteiger partial charge is 0.227 e. The van der Waals surface area contributed by atoms with Crippen LogP contribution in [0.1, 0.15) is 0 Å². The molecule has 0 bridgehead atoms. The predicted molar refractivity (Wildman–Crippen MR) is 217 cm³/mol. The molecule has 0 saturated heterocycles. The Morgan fingerprint density at radius 2 is 0.882 bits per heavy atom. The summed E-state index contributed by atoms with van der Waals surface area (Å²) in [6, 6.07) is 65.0. The minimum atomic E-state index is 0.732. The van der Waals surface area contributed by atoms with E-state index < -0.39 is 0 Å². The molecule has 10 aromatic rings. The van der Waals surface area contributed by atoms with E-state index in [0.29, 0.717) is 0 Å². The first kappa shape index (κ1) is 29.5. The van der Waals surface area contributed by atoms with Gasteiger partial charge in [-0.15, -0.1) is 11.3 Å². The minimum absolute atomic E-state index is 0.732. The van der Waals surface area contributed by atoms with E-state index in [9.17, 15) is 0 Å². The number of hydrogen-bond donors (Lipinski definition) is 0. The first-order valence-electron chi connectivity index (χ1n) is 17.2. The van der Waals surface area contributed by atoms with Gasteiger partial charge >= 0.3 is 0 Å². The van der Waals surface area contributed by atoms with E-state index in [1.165, 1.54) is 53.9 Å². The van der Waals surface area contributed by atoms with Gasteiger partial charge in [0.1, 0.15) is 4.83 Å². The molecule has 238 valence electrons. The molecule has 0 amide bonds. The van der Waals surface area contributed by atoms with Crippen molar-refractivity contribution in [1.82, 2.24) is 9.97 Å². The van der Waals surface area contributed by atoms with Crippen LogP contribution in [0, 0.1) is 0 Å². The number of thiophene rings is 1. The van der Waals surface area contributed by atoms with Crippen LogP contribution >= 0.6 is 11.3 Å². The molecule has 0 aliphatic rings. The summed E-state index contributed by atoms with van der Waals surface area (Å²) in [5.74, 6) is 0.732. The number of rotatable bonds is 5. The Hall–Kier alpha value is -6.42. The lowest BCUT2D eigenvalue weighted by atomic mass is 9.96. The summed E-state index contributed by atoms with van der Waals surface area (Å²) >= 11 is 1.75. The Bertz CT molecular complexity index is 2900. The Morgan fingerprint density at radius 3 is 1.65 bits per heavy atom. The van der Waals surface area contributed by atoms with E-state index in [4.69, 9.17) is 9.97 Å². The highest BCUT2D eigenvalue weighted by Gasteiger charge is 2.20. The summed E-state index contributed by atoms with van der Waals surface area (Å²) in [5.41, 5.74) is 10.2. The van der Waals surface area contributed by atoms with Crippen molar-refractivity contribution in [3.05, 3.63) is 182 Å². The van der Waals surface area contributed by atoms with Crippen molar-refractivity contribution in [3.8, 4) is 56.0 Å². The predicted octanol–water partition coefficient (Wildman–Crippen LogP) is 13.5. The fourth-order valence-corrected chi connectivity index (χ4v) is 8.49. The van der Waals surface area contributed by atoms with Crippen molar-refractivity contribution < 1.29 is 0 Å². The molecule has 10 rings (SSSR count). The van der Waals surface area contributed by atoms with E-state index in [0.717, 1.165) is 44.0 Å². The molecule has 0 N–H and O–H groups in total. The lowest BCUT2D eigenvalue weighted by Crippen LogP contribution is -1.95. The van der Waals surface area contributed by atoms with Gasteiger partial charge in [0.15, 0.2) is 5.82 Å². The van der Waals surface area contributed by atoms with Gasteiger partial charge in [-0.05, 0) is 73.1 Å². The van der Waals surface area contributed by atoms with Crippen LogP contribution in [0.4, 0.5) is 0 Å². The highest BCUT2D eigenvalue weighted by molar-refractivity contribution is 7.25. The van der Waals surface area contributed by atoms with Gasteiger partial charge < -0.3 is 0 Å². The number of aromatic nitrogens is 2. The average molecular weight is 667 g/mol. The molecule has 0 fully saturated rings. The summed E-state index contributed by atoms with van der Waals surface area (Å²) in [6.45, 7) is 0. The van der Waals surface area contributed by atoms with E-state index in [1.807, 2.05) is 0 Å². The maximum absolute atomic E-state index is 5.45. The molecule has 2 heterocycles. The van der Waals surface area contributed by atoms with Gasteiger partial charge in [-0.2, -0.15) is 0 Å². The number of hydrogen-bond acceptors (Lipinski definition) is 3. The molecule has 0 aliphatic heterocycles. The summed E-state index contributed by atoms with van der Waals surface area (Å²) in [7, 11) is 0. The third-order valence-corrected chi connectivity index (χ3v) is 11.0. The minimum Gasteiger partial charge on any atom is -0.227 e. The van der Waals surface area contributed by atoms with Gasteiger partial charge in [0.25, 0.3) is 0 Å². The van der Waals surface area contributed by atoms with Crippen molar-refractivity contribution in [2.24, 2.45) is 0 Å². The third-order valence-electron chi connectivity index (χ3n) is 9.91. The SMILES string of the molecule is c1ccc(-c2ccc(-c3cccc(-c4cccc(-c5nc(-c6cccc7ccccc67)c6c(n5)sc5ccc7ccccc7c56)c4)c3)cc2)cc1. The summed E-state index contributed by atoms with van der Waals surface area (Å²) in [5, 5.41) is 7.19. The molecule has 2 aromatic heterocycles. The summed E-state index contributed by atoms with van der Waals surface area (Å²) in [4.78, 5) is 11.7. The van der Waals surface area contributed by atoms with Crippen LogP contribution in [0.15, 0.2) is 182 Å². The van der Waals surface area contributed by atoms with Gasteiger partial charge in [-0.3, -0.25) is 0 Å². The fourth-order valence-electron chi connectivity index (χ4n) is 7.40. The molecule has 0 atom stereocenters. The maximum Gasteiger partial charge on any atom is 0.161 e. The molecule has 0 spiro atoms. The topological polar surface area (TPSA) is 25.8 Å². The highest BCUT2D eigenvalue weighted by atomic mass is 32.1. The van der Waals surface area contributed by atoms with Crippen LogP contribution in [0.2, 0.25) is 0 Å². The van der Waals surface area contributed by atoms with Gasteiger partial charge in [-0.25, -0.2) is 9.97 Å². The lowest BCUT2D eigenvalue weighted by molar-refractivity contribution is 1.24. The Labute approximate surface area is 300 Å². The van der Waals surface area contributed by atoms with Crippen molar-refractivity contribution in [2.45, 2.75) is 0 Å². The third kappa shape index (κ3) is 5.18. The van der Waals surface area contributed by atoms with E-state index in [1.54, 1.807) is 11.3 Å². The molecule has 0 radical (unpaired) electrons. The zero-order valence-electron chi connectivity index (χ0n) is 27.6. The molecule has 51 heavy (non-hydrogen) atoms. The molecule has 8 aromatic carbocycles. The molecule has 2 nitrogen and oxygen atoms in total. The molecule has 0 saturated carbocycles. The van der Waals surface area contributed by atoms with Crippen LogP contribution in [-0.4, -0.2) is 9.97 Å². The number of nitrogens with zero attached hydrogens (tertiary/aromatic N) is 2. The molecule has 3 heteroatoms. The van der Waals surface area contributed by atoms with Gasteiger partial charge in [0, 0.05) is 26.6 Å². The standard InChI is InChI=1S/C48H30N2S/c1-2-11-31(12-3-1)32-23-25-33(26-24-32)36-16-8-17-37(29-36)38-18-9-19-39(30-38)47-49-46(42-22-10-15-34-13-4-6-20-40(34)42)45-44-41-21-7-5-14-35(41)27-28-43(44)51-48(45)50-47/h1-30H. The second-order valence-electron chi connectivity index (χ2n) is 13.0. The Kier molecular flexibility index (Phi) is 7.04. The molecule has 0 unspecified atom stereocenters. The van der Waals surface area contributed by atoms with Gasteiger partial charge in [0.05, 0.1) is 5.69 Å². The Morgan fingerprint density at radius 1 is 0.353 bits per heavy atom. The Balaban J connectivity index is 1.12. The molecule has 0 aliphatic carbocycles. The average Bonchev–Trinajstić information content (AvgIpc) is 3.60. The maximum atomic E-state index is 5.45. The quantitative estimate of drug-likeness (QED) is 0.183. The van der Waals surface area contributed by atoms with Crippen LogP contribution < -0.4 is 0 Å². The van der Waals surface area contributed by atoms with Crippen molar-refractivity contribution in [1.29, 1.82) is 0 Å². The zero-order chi connectivity index (χ0) is 33.7. The van der Waals surface area contributed by atoms with Gasteiger partial charge in [-0.1, -0.05) is 164 Å². The second-order valence-corrected chi connectivity index (χ2v) is 14.0. The normalized spacial score (nSPS) is 11.5. The number of fused-ring (bicyclic) bond motifs is 6. The smallest absolute Gasteiger partial charge is 0.161 e. The van der Waals surface area contributed by atoms with Gasteiger partial charge in [0.2, 0.25) is 0 Å². The van der Waals surface area contributed by atoms with Crippen LogP contribution in [0.5, 0.6) is 0 Å². The molecular formula is C48H30N2S. The zero-order valence-corrected chi connectivity index (χ0v) is 28.4. The van der Waals surface area contributed by atoms with E-state index in [2.05, 4.69) is 182 Å². The summed E-state index contributed by atoms with van der Waals surface area (Å²) < 4.78 is 1.22. The van der Waals surface area contributed by atoms with Crippen molar-refractivity contribution in [3.63, 3.8) is 0 Å². The lowest BCUT2D eigenvalue weighted by Gasteiger charge is -2.12. The fraction of sp³-hybridized carbons (Fsp3) is 0. The monoisotopic (exact) mass is 666 g/mol. The second kappa shape index (κ2) is 12.2. The van der Waals surface area contributed by atoms with Crippen molar-refractivity contribution in [2.75, 3.05) is 0 Å². The van der Waals surface area contributed by atoms with E-state index in [-0.39, 0.29) is 0 Å². The summed E-state index contributed by atoms with van der Waals surface area (Å²) in [6.07, 6.45) is 0. The number of benzene rings is 8. The van der Waals surface area contributed by atoms with Crippen LogP contribution in [-0.2, 0) is 0 Å². The molecular weight excluding hydrogens is 637 g/mol. The first-order chi connectivity index (χ1) is 25.3. The van der Waals surface area contributed by atoms with E-state index >= 15 is 0 Å². The van der Waals surface area contributed by atoms with Crippen LogP contribution in [0.25, 0.3) is 97.9 Å². The first-order valence-corrected chi connectivity index (χ1v) is 18.1. The van der Waals surface area contributed by atoms with Crippen molar-refractivity contribution >= 4 is 53.2 Å². The highest BCUT2D eigenvalue weighted by Crippen LogP contribution is 2.44. The van der Waals surface area contributed by atoms with Crippen LogP contribution in [0.3, 0.4) is 0 Å².